The second kappa shape index (κ2) is 10.3. The second-order valence-electron chi connectivity index (χ2n) is 16.9. The normalized spacial score (nSPS) is 34.7. The van der Waals surface area contributed by atoms with E-state index < -0.39 is 86.1 Å². The Balaban J connectivity index is 1.42. The van der Waals surface area contributed by atoms with Crippen molar-refractivity contribution in [1.29, 1.82) is 0 Å². The topological polar surface area (TPSA) is 171 Å². The second-order valence-corrected chi connectivity index (χ2v) is 16.9. The lowest BCUT2D eigenvalue weighted by molar-refractivity contribution is -0.217. The van der Waals surface area contributed by atoms with E-state index in [4.69, 9.17) is 32.8 Å². The number of aryl methyl sites for hydroxylation is 1. The minimum Gasteiger partial charge on any atom is -0.483 e. The van der Waals surface area contributed by atoms with Crippen LogP contribution in [-0.4, -0.2) is 52.8 Å². The Bertz CT molecular complexity index is 2020. The summed E-state index contributed by atoms with van der Waals surface area (Å²) >= 11 is 0. The van der Waals surface area contributed by atoms with E-state index in [9.17, 15) is 28.8 Å². The van der Waals surface area contributed by atoms with Crippen LogP contribution in [0.1, 0.15) is 111 Å². The highest BCUT2D eigenvalue weighted by atomic mass is 16.7. The zero-order valence-corrected chi connectivity index (χ0v) is 30.7. The van der Waals surface area contributed by atoms with Crippen molar-refractivity contribution in [1.82, 2.24) is 0 Å². The van der Waals surface area contributed by atoms with E-state index in [2.05, 4.69) is 0 Å². The van der Waals surface area contributed by atoms with E-state index in [-0.39, 0.29) is 36.3 Å². The van der Waals surface area contributed by atoms with Gasteiger partial charge in [0.1, 0.15) is 23.5 Å². The molecule has 4 heterocycles. The maximum absolute atomic E-state index is 14.7. The lowest BCUT2D eigenvalue weighted by Gasteiger charge is -2.46. The van der Waals surface area contributed by atoms with E-state index in [1.807, 2.05) is 0 Å². The first-order valence-corrected chi connectivity index (χ1v) is 17.3. The highest BCUT2D eigenvalue weighted by Gasteiger charge is 2.78. The quantitative estimate of drug-likeness (QED) is 0.221. The van der Waals surface area contributed by atoms with Gasteiger partial charge in [0, 0.05) is 34.8 Å². The molecule has 5 aliphatic rings. The highest BCUT2D eigenvalue weighted by Crippen LogP contribution is 2.67. The van der Waals surface area contributed by atoms with Crippen LogP contribution in [0, 0.1) is 28.6 Å². The Kier molecular flexibility index (Phi) is 7.10. The van der Waals surface area contributed by atoms with Gasteiger partial charge in [-0.25, -0.2) is 14.4 Å². The van der Waals surface area contributed by atoms with Crippen molar-refractivity contribution in [3.63, 3.8) is 0 Å². The zero-order chi connectivity index (χ0) is 37.5. The molecule has 6 atom stereocenters. The fourth-order valence-electron chi connectivity index (χ4n) is 9.17. The molecule has 7 rings (SSSR count). The van der Waals surface area contributed by atoms with Crippen molar-refractivity contribution in [2.24, 2.45) is 21.7 Å². The summed E-state index contributed by atoms with van der Waals surface area (Å²) in [6.07, 6.45) is -1.74. The summed E-state index contributed by atoms with van der Waals surface area (Å²) in [4.78, 5) is 80.4. The summed E-state index contributed by atoms with van der Waals surface area (Å²) in [5.74, 6) is -3.19. The van der Waals surface area contributed by atoms with Gasteiger partial charge in [0.2, 0.25) is 11.2 Å². The molecule has 2 saturated heterocycles. The first-order chi connectivity index (χ1) is 23.5. The minimum atomic E-state index is -1.67. The van der Waals surface area contributed by atoms with Crippen LogP contribution < -0.4 is 10.4 Å². The van der Waals surface area contributed by atoms with Gasteiger partial charge in [-0.3, -0.25) is 14.4 Å². The number of benzene rings is 1. The third-order valence-electron chi connectivity index (χ3n) is 13.6. The van der Waals surface area contributed by atoms with Gasteiger partial charge in [-0.1, -0.05) is 27.7 Å². The Hall–Kier alpha value is -4.42. The van der Waals surface area contributed by atoms with Crippen LogP contribution in [0.3, 0.4) is 0 Å². The minimum absolute atomic E-state index is 0.00610. The van der Waals surface area contributed by atoms with Crippen molar-refractivity contribution >= 4 is 40.8 Å². The van der Waals surface area contributed by atoms with Crippen molar-refractivity contribution in [2.75, 3.05) is 0 Å². The molecule has 2 aliphatic carbocycles. The SMILES string of the molecule is CC(=O)OCc1cc2c(C)cc(=O)oc2c2c1OC(C)(C)[C@H](OC(=O)[C@@]13CC[C@@](C)(C(=O)O1)C3(C)C)[C@@H]2OC(=O)[C@@]12CC[C@@](C)(C(=O)O1)C2(C)C. The maximum atomic E-state index is 14.7. The number of esters is 5. The monoisotopic (exact) mass is 708 g/mol. The van der Waals surface area contributed by atoms with Gasteiger partial charge in [-0.2, -0.15) is 0 Å². The number of carbonyl (C=O) groups is 5. The third kappa shape index (κ3) is 4.20. The number of carbonyl (C=O) groups excluding carboxylic acids is 5. The van der Waals surface area contributed by atoms with E-state index in [1.165, 1.54) is 13.0 Å². The summed E-state index contributed by atoms with van der Waals surface area (Å²) in [5.41, 5.74) is -8.33. The first-order valence-electron chi connectivity index (χ1n) is 17.3. The summed E-state index contributed by atoms with van der Waals surface area (Å²) in [7, 11) is 0. The molecule has 4 fully saturated rings. The number of ether oxygens (including phenoxy) is 6. The van der Waals surface area contributed by atoms with E-state index in [0.29, 0.717) is 29.4 Å². The van der Waals surface area contributed by atoms with Crippen LogP contribution in [-0.2, 0) is 54.3 Å². The highest BCUT2D eigenvalue weighted by molar-refractivity contribution is 5.95. The average Bonchev–Trinajstić information content (AvgIpc) is 3.49. The number of rotatable bonds is 6. The predicted molar refractivity (Wildman–Crippen MR) is 176 cm³/mol. The van der Waals surface area contributed by atoms with Gasteiger partial charge in [0.15, 0.2) is 12.2 Å². The van der Waals surface area contributed by atoms with Gasteiger partial charge < -0.3 is 32.8 Å². The smallest absolute Gasteiger partial charge is 0.351 e. The fourth-order valence-corrected chi connectivity index (χ4v) is 9.17. The van der Waals surface area contributed by atoms with Crippen molar-refractivity contribution in [3.8, 4) is 5.75 Å². The summed E-state index contributed by atoms with van der Waals surface area (Å²) < 4.78 is 42.3. The average molecular weight is 709 g/mol. The molecule has 0 radical (unpaired) electrons. The van der Waals surface area contributed by atoms with Crippen molar-refractivity contribution in [3.05, 3.63) is 39.2 Å². The van der Waals surface area contributed by atoms with E-state index in [1.54, 1.807) is 68.4 Å². The molecule has 4 bridgehead atoms. The van der Waals surface area contributed by atoms with Crippen LogP contribution >= 0.6 is 0 Å². The predicted octanol–water partition coefficient (Wildman–Crippen LogP) is 5.08. The summed E-state index contributed by atoms with van der Waals surface area (Å²) in [5, 5.41) is 0.431. The van der Waals surface area contributed by atoms with Crippen molar-refractivity contribution < 1.29 is 56.8 Å². The Morgan fingerprint density at radius 3 is 1.76 bits per heavy atom. The molecule has 13 nitrogen and oxygen atoms in total. The van der Waals surface area contributed by atoms with Crippen LogP contribution in [0.25, 0.3) is 11.0 Å². The van der Waals surface area contributed by atoms with E-state index >= 15 is 0 Å². The van der Waals surface area contributed by atoms with Gasteiger partial charge >= 0.3 is 35.5 Å². The van der Waals surface area contributed by atoms with Gasteiger partial charge in [0.25, 0.3) is 0 Å². The molecule has 2 saturated carbocycles. The molecular weight excluding hydrogens is 664 g/mol. The molecule has 13 heteroatoms. The van der Waals surface area contributed by atoms with Gasteiger partial charge in [-0.15, -0.1) is 0 Å². The van der Waals surface area contributed by atoms with Gasteiger partial charge in [0.05, 0.1) is 16.4 Å². The molecule has 3 aliphatic heterocycles. The van der Waals surface area contributed by atoms with Crippen LogP contribution in [0.5, 0.6) is 5.75 Å². The lowest BCUT2D eigenvalue weighted by Crippen LogP contribution is -2.58. The summed E-state index contributed by atoms with van der Waals surface area (Å²) in [6.45, 7) is 16.7. The van der Waals surface area contributed by atoms with Crippen LogP contribution in [0.4, 0.5) is 0 Å². The lowest BCUT2D eigenvalue weighted by atomic mass is 9.66. The molecular formula is C38H44O13. The molecule has 2 aromatic rings. The molecule has 0 spiro atoms. The van der Waals surface area contributed by atoms with Crippen molar-refractivity contribution in [2.45, 2.75) is 131 Å². The first kappa shape index (κ1) is 35.0. The standard InChI is InChI=1S/C38H44O13/c1-18-15-22(40)46-25-21(18)16-20(17-45-19(2)39)24-23(25)26(47-30(43)37-13-11-35(9,28(41)50-37)33(37,5)6)27(32(3,4)49-24)48-31(44)38-14-12-36(10,29(42)51-38)34(38,7)8/h15-16,26-27H,11-14,17H2,1-10H3/t26-,27-,35+,36+,37-,38-/m1/s1. The Morgan fingerprint density at radius 2 is 1.29 bits per heavy atom. The largest absolute Gasteiger partial charge is 0.483 e. The van der Waals surface area contributed by atoms with Gasteiger partial charge in [-0.05, 0) is 71.9 Å². The molecule has 1 aromatic carbocycles. The Labute approximate surface area is 294 Å². The number of hydrogen-bond donors (Lipinski definition) is 0. The molecule has 0 N–H and O–H groups in total. The maximum Gasteiger partial charge on any atom is 0.351 e. The Morgan fingerprint density at radius 1 is 0.765 bits per heavy atom. The number of hydrogen-bond acceptors (Lipinski definition) is 13. The number of fused-ring (bicyclic) bond motifs is 7. The molecule has 1 aromatic heterocycles. The zero-order valence-electron chi connectivity index (χ0n) is 30.7. The summed E-state index contributed by atoms with van der Waals surface area (Å²) in [6, 6.07) is 2.96. The molecule has 274 valence electrons. The third-order valence-corrected chi connectivity index (χ3v) is 13.6. The van der Waals surface area contributed by atoms with Crippen LogP contribution in [0.2, 0.25) is 0 Å². The molecule has 0 unspecified atom stereocenters. The fraction of sp³-hybridized carbons (Fsp3) is 0.632. The van der Waals surface area contributed by atoms with Crippen LogP contribution in [0.15, 0.2) is 21.3 Å². The molecule has 51 heavy (non-hydrogen) atoms. The van der Waals surface area contributed by atoms with E-state index in [0.717, 1.165) is 0 Å². The molecule has 0 amide bonds.